The zero-order chi connectivity index (χ0) is 15.3. The Labute approximate surface area is 122 Å². The number of rotatable bonds is 6. The summed E-state index contributed by atoms with van der Waals surface area (Å²) in [5.41, 5.74) is 5.70. The molecule has 8 heteroatoms. The molecule has 0 saturated carbocycles. The van der Waals surface area contributed by atoms with Crippen molar-refractivity contribution < 1.29 is 9.59 Å². The van der Waals surface area contributed by atoms with Crippen LogP contribution in [0.4, 0.5) is 10.9 Å². The lowest BCUT2D eigenvalue weighted by atomic mass is 10.2. The van der Waals surface area contributed by atoms with Crippen LogP contribution in [0.25, 0.3) is 0 Å². The van der Waals surface area contributed by atoms with Crippen molar-refractivity contribution in [3.63, 3.8) is 0 Å². The van der Waals surface area contributed by atoms with Gasteiger partial charge in [-0.1, -0.05) is 11.3 Å². The van der Waals surface area contributed by atoms with E-state index in [1.165, 1.54) is 11.3 Å². The molecule has 7 nitrogen and oxygen atoms in total. The smallest absolute Gasteiger partial charge is 0.265 e. The summed E-state index contributed by atoms with van der Waals surface area (Å²) in [5.74, 6) is -0.459. The highest BCUT2D eigenvalue weighted by atomic mass is 32.1. The van der Waals surface area contributed by atoms with Crippen LogP contribution >= 0.6 is 11.3 Å². The Bertz CT molecular complexity index is 486. The maximum atomic E-state index is 12.1. The van der Waals surface area contributed by atoms with E-state index in [-0.39, 0.29) is 17.8 Å². The Hall–Kier alpha value is -1.83. The number of thiazole rings is 1. The summed E-state index contributed by atoms with van der Waals surface area (Å²) in [6, 6.07) is -0.607. The van der Waals surface area contributed by atoms with Gasteiger partial charge < -0.3 is 21.7 Å². The van der Waals surface area contributed by atoms with Crippen molar-refractivity contribution in [1.29, 1.82) is 0 Å². The quantitative estimate of drug-likeness (QED) is 0.621. The van der Waals surface area contributed by atoms with Crippen LogP contribution in [0.5, 0.6) is 0 Å². The minimum Gasteiger partial charge on any atom is -0.382 e. The first-order valence-corrected chi connectivity index (χ1v) is 7.28. The number of nitrogens with two attached hydrogens (primary N) is 1. The average molecular weight is 299 g/mol. The first-order valence-electron chi connectivity index (χ1n) is 6.46. The van der Waals surface area contributed by atoms with Crippen molar-refractivity contribution in [2.24, 2.45) is 0 Å². The summed E-state index contributed by atoms with van der Waals surface area (Å²) >= 11 is 1.17. The van der Waals surface area contributed by atoms with Crippen LogP contribution in [0.2, 0.25) is 0 Å². The molecular weight excluding hydrogens is 278 g/mol. The molecule has 1 aromatic rings. The predicted octanol–water partition coefficient (Wildman–Crippen LogP) is 0.800. The molecule has 1 aromatic heterocycles. The highest BCUT2D eigenvalue weighted by Crippen LogP contribution is 2.24. The molecule has 112 valence electrons. The third-order valence-electron chi connectivity index (χ3n) is 2.36. The molecule has 0 radical (unpaired) electrons. The summed E-state index contributed by atoms with van der Waals surface area (Å²) in [5, 5.41) is 8.93. The van der Waals surface area contributed by atoms with Gasteiger partial charge in [0.15, 0.2) is 5.13 Å². The number of nitrogens with zero attached hydrogens (tertiary/aromatic N) is 1. The molecule has 20 heavy (non-hydrogen) atoms. The number of nitrogens with one attached hydrogen (secondary N) is 3. The van der Waals surface area contributed by atoms with Gasteiger partial charge in [0.2, 0.25) is 5.91 Å². The summed E-state index contributed by atoms with van der Waals surface area (Å²) in [6.07, 6.45) is 0. The van der Waals surface area contributed by atoms with Crippen LogP contribution in [-0.2, 0) is 4.79 Å². The zero-order valence-electron chi connectivity index (χ0n) is 12.1. The molecular formula is C12H21N5O2S. The standard InChI is InChI=1S/C12H21N5O2S/c1-5-14-12-17-9(13)8(20-12)11(19)16-7(4)10(18)15-6(2)3/h6-7H,5,13H2,1-4H3,(H,14,17)(H,15,18)(H,16,19). The molecule has 0 aliphatic carbocycles. The van der Waals surface area contributed by atoms with E-state index < -0.39 is 11.9 Å². The van der Waals surface area contributed by atoms with Crippen LogP contribution in [0.1, 0.15) is 37.4 Å². The molecule has 0 aliphatic heterocycles. The summed E-state index contributed by atoms with van der Waals surface area (Å²) in [6.45, 7) is 7.96. The fraction of sp³-hybridized carbons (Fsp3) is 0.583. The number of hydrogen-bond acceptors (Lipinski definition) is 6. The Kier molecular flexibility index (Phi) is 5.75. The molecule has 0 saturated heterocycles. The maximum absolute atomic E-state index is 12.1. The third-order valence-corrected chi connectivity index (χ3v) is 3.39. The highest BCUT2D eigenvalue weighted by Gasteiger charge is 2.21. The van der Waals surface area contributed by atoms with Gasteiger partial charge in [-0.3, -0.25) is 9.59 Å². The molecule has 1 atom stereocenters. The van der Waals surface area contributed by atoms with Gasteiger partial charge in [0.05, 0.1) is 0 Å². The van der Waals surface area contributed by atoms with E-state index >= 15 is 0 Å². The van der Waals surface area contributed by atoms with Crippen LogP contribution in [0, 0.1) is 0 Å². The number of nitrogen functional groups attached to an aromatic ring is 1. The molecule has 0 spiro atoms. The maximum Gasteiger partial charge on any atom is 0.265 e. The number of amides is 2. The van der Waals surface area contributed by atoms with Gasteiger partial charge in [-0.05, 0) is 27.7 Å². The van der Waals surface area contributed by atoms with Gasteiger partial charge in [0.25, 0.3) is 5.91 Å². The fourth-order valence-corrected chi connectivity index (χ4v) is 2.31. The van der Waals surface area contributed by atoms with Crippen molar-refractivity contribution in [2.45, 2.75) is 39.8 Å². The third kappa shape index (κ3) is 4.37. The number of aromatic nitrogens is 1. The predicted molar refractivity (Wildman–Crippen MR) is 80.9 cm³/mol. The zero-order valence-corrected chi connectivity index (χ0v) is 12.9. The fourth-order valence-electron chi connectivity index (χ4n) is 1.46. The number of carbonyl (C=O) groups is 2. The van der Waals surface area contributed by atoms with E-state index in [9.17, 15) is 9.59 Å². The topological polar surface area (TPSA) is 109 Å². The summed E-state index contributed by atoms with van der Waals surface area (Å²) in [4.78, 5) is 28.1. The summed E-state index contributed by atoms with van der Waals surface area (Å²) in [7, 11) is 0. The molecule has 1 heterocycles. The molecule has 1 unspecified atom stereocenters. The second kappa shape index (κ2) is 7.09. The van der Waals surface area contributed by atoms with Crippen LogP contribution in [0.3, 0.4) is 0 Å². The van der Waals surface area contributed by atoms with E-state index in [0.29, 0.717) is 16.6 Å². The van der Waals surface area contributed by atoms with Gasteiger partial charge in [-0.25, -0.2) is 4.98 Å². The van der Waals surface area contributed by atoms with Crippen LogP contribution < -0.4 is 21.7 Å². The first-order chi connectivity index (χ1) is 9.35. The Morgan fingerprint density at radius 3 is 2.50 bits per heavy atom. The molecule has 0 aliphatic rings. The molecule has 5 N–H and O–H groups in total. The first kappa shape index (κ1) is 16.2. The Morgan fingerprint density at radius 2 is 1.95 bits per heavy atom. The van der Waals surface area contributed by atoms with E-state index in [4.69, 9.17) is 5.73 Å². The monoisotopic (exact) mass is 299 g/mol. The Morgan fingerprint density at radius 1 is 1.30 bits per heavy atom. The van der Waals surface area contributed by atoms with Crippen molar-refractivity contribution in [2.75, 3.05) is 17.6 Å². The Balaban J connectivity index is 2.68. The minimum absolute atomic E-state index is 0.0238. The van der Waals surface area contributed by atoms with Gasteiger partial charge in [0, 0.05) is 12.6 Å². The minimum atomic E-state index is -0.631. The normalized spacial score (nSPS) is 12.1. The molecule has 1 rings (SSSR count). The lowest BCUT2D eigenvalue weighted by Crippen LogP contribution is -2.46. The average Bonchev–Trinajstić information content (AvgIpc) is 2.69. The lowest BCUT2D eigenvalue weighted by Gasteiger charge is -2.15. The van der Waals surface area contributed by atoms with E-state index in [1.54, 1.807) is 6.92 Å². The molecule has 2 amide bonds. The molecule has 0 bridgehead atoms. The molecule has 0 aromatic carbocycles. The van der Waals surface area contributed by atoms with Crippen LogP contribution in [-0.4, -0.2) is 35.4 Å². The van der Waals surface area contributed by atoms with E-state index in [1.807, 2.05) is 20.8 Å². The van der Waals surface area contributed by atoms with E-state index in [0.717, 1.165) is 0 Å². The summed E-state index contributed by atoms with van der Waals surface area (Å²) < 4.78 is 0. The second-order valence-electron chi connectivity index (χ2n) is 4.62. The van der Waals surface area contributed by atoms with Crippen molar-refractivity contribution in [3.05, 3.63) is 4.88 Å². The lowest BCUT2D eigenvalue weighted by molar-refractivity contribution is -0.123. The van der Waals surface area contributed by atoms with Crippen molar-refractivity contribution in [3.8, 4) is 0 Å². The van der Waals surface area contributed by atoms with Gasteiger partial charge in [-0.15, -0.1) is 0 Å². The van der Waals surface area contributed by atoms with Gasteiger partial charge >= 0.3 is 0 Å². The number of carbonyl (C=O) groups excluding carboxylic acids is 2. The highest BCUT2D eigenvalue weighted by molar-refractivity contribution is 7.18. The largest absolute Gasteiger partial charge is 0.382 e. The van der Waals surface area contributed by atoms with Gasteiger partial charge in [0.1, 0.15) is 16.7 Å². The van der Waals surface area contributed by atoms with Crippen molar-refractivity contribution >= 4 is 34.1 Å². The van der Waals surface area contributed by atoms with E-state index in [2.05, 4.69) is 20.9 Å². The van der Waals surface area contributed by atoms with Gasteiger partial charge in [-0.2, -0.15) is 0 Å². The SMILES string of the molecule is CCNc1nc(N)c(C(=O)NC(C)C(=O)NC(C)C)s1. The second-order valence-corrected chi connectivity index (χ2v) is 5.62. The number of anilines is 2. The molecule has 0 fully saturated rings. The van der Waals surface area contributed by atoms with Crippen molar-refractivity contribution in [1.82, 2.24) is 15.6 Å². The van der Waals surface area contributed by atoms with Crippen LogP contribution in [0.15, 0.2) is 0 Å². The number of hydrogen-bond donors (Lipinski definition) is 4.